The molecule has 4 nitrogen and oxygen atoms in total. The van der Waals surface area contributed by atoms with Crippen LogP contribution in [0.4, 0.5) is 5.69 Å². The molecule has 0 aliphatic heterocycles. The number of para-hydroxylation sites is 1. The average molecular weight is 243 g/mol. The second-order valence-electron chi connectivity index (χ2n) is 4.08. The molecule has 0 aliphatic rings. The molecule has 1 aromatic heterocycles. The first-order chi connectivity index (χ1) is 8.81. The third-order valence-electron chi connectivity index (χ3n) is 2.66. The molecular formula is C14H17N3O. The number of benzene rings is 1. The Morgan fingerprint density at radius 2 is 2.11 bits per heavy atom. The molecule has 2 N–H and O–H groups in total. The van der Waals surface area contributed by atoms with E-state index in [0.29, 0.717) is 0 Å². The van der Waals surface area contributed by atoms with Crippen molar-refractivity contribution in [2.45, 2.75) is 13.3 Å². The fourth-order valence-corrected chi connectivity index (χ4v) is 1.75. The van der Waals surface area contributed by atoms with Crippen LogP contribution < -0.4 is 10.6 Å². The van der Waals surface area contributed by atoms with Gasteiger partial charge >= 0.3 is 0 Å². The van der Waals surface area contributed by atoms with Crippen molar-refractivity contribution in [1.29, 1.82) is 0 Å². The van der Waals surface area contributed by atoms with Crippen LogP contribution in [0, 0.1) is 0 Å². The van der Waals surface area contributed by atoms with Gasteiger partial charge in [0.15, 0.2) is 0 Å². The Morgan fingerprint density at radius 3 is 2.94 bits per heavy atom. The number of hydrogen-bond donors (Lipinski definition) is 2. The topological polar surface area (TPSA) is 54.0 Å². The number of anilines is 1. The second kappa shape index (κ2) is 6.00. The van der Waals surface area contributed by atoms with Crippen molar-refractivity contribution in [3.63, 3.8) is 0 Å². The standard InChI is InChI=1S/C14H17N3O/c1-2-8-16-14(18)10-17-13-7-9-15-12-6-4-3-5-11(12)13/h3-7,9H,2,8,10H2,1H3,(H,15,17)(H,16,18). The number of nitrogens with zero attached hydrogens (tertiary/aromatic N) is 1. The molecule has 0 aliphatic carbocycles. The monoisotopic (exact) mass is 243 g/mol. The molecule has 0 saturated heterocycles. The summed E-state index contributed by atoms with van der Waals surface area (Å²) in [5.74, 6) is 0.0118. The van der Waals surface area contributed by atoms with Crippen molar-refractivity contribution in [3.8, 4) is 0 Å². The molecule has 2 aromatic rings. The molecule has 4 heteroatoms. The molecule has 94 valence electrons. The lowest BCUT2D eigenvalue weighted by molar-refractivity contribution is -0.119. The van der Waals surface area contributed by atoms with Crippen LogP contribution in [0.15, 0.2) is 36.5 Å². The molecule has 1 amide bonds. The normalized spacial score (nSPS) is 10.3. The van der Waals surface area contributed by atoms with Gasteiger partial charge in [-0.25, -0.2) is 0 Å². The summed E-state index contributed by atoms with van der Waals surface area (Å²) in [7, 11) is 0. The van der Waals surface area contributed by atoms with Crippen molar-refractivity contribution >= 4 is 22.5 Å². The summed E-state index contributed by atoms with van der Waals surface area (Å²) in [5.41, 5.74) is 1.86. The first-order valence-corrected chi connectivity index (χ1v) is 6.15. The van der Waals surface area contributed by atoms with E-state index in [-0.39, 0.29) is 12.5 Å². The van der Waals surface area contributed by atoms with Crippen LogP contribution in [0.2, 0.25) is 0 Å². The van der Waals surface area contributed by atoms with Crippen LogP contribution >= 0.6 is 0 Å². The van der Waals surface area contributed by atoms with Gasteiger partial charge in [-0.2, -0.15) is 0 Å². The Kier molecular flexibility index (Phi) is 4.12. The predicted octanol–water partition coefficient (Wildman–Crippen LogP) is 2.17. The molecule has 0 atom stereocenters. The largest absolute Gasteiger partial charge is 0.376 e. The third kappa shape index (κ3) is 2.97. The summed E-state index contributed by atoms with van der Waals surface area (Å²) >= 11 is 0. The summed E-state index contributed by atoms with van der Waals surface area (Å²) < 4.78 is 0. The highest BCUT2D eigenvalue weighted by Gasteiger charge is 2.03. The number of pyridine rings is 1. The summed E-state index contributed by atoms with van der Waals surface area (Å²) in [5, 5.41) is 7.01. The molecule has 0 unspecified atom stereocenters. The van der Waals surface area contributed by atoms with E-state index >= 15 is 0 Å². The van der Waals surface area contributed by atoms with Crippen molar-refractivity contribution in [1.82, 2.24) is 10.3 Å². The Balaban J connectivity index is 2.05. The van der Waals surface area contributed by atoms with Gasteiger partial charge in [0.2, 0.25) is 5.91 Å². The molecule has 2 rings (SSSR count). The fraction of sp³-hybridized carbons (Fsp3) is 0.286. The molecular weight excluding hydrogens is 226 g/mol. The summed E-state index contributed by atoms with van der Waals surface area (Å²) in [4.78, 5) is 15.8. The van der Waals surface area contributed by atoms with Crippen molar-refractivity contribution in [3.05, 3.63) is 36.5 Å². The highest BCUT2D eigenvalue weighted by Crippen LogP contribution is 2.20. The van der Waals surface area contributed by atoms with Crippen LogP contribution in [0.25, 0.3) is 10.9 Å². The molecule has 0 fully saturated rings. The number of aromatic nitrogens is 1. The van der Waals surface area contributed by atoms with Gasteiger partial charge in [0.1, 0.15) is 0 Å². The molecule has 0 radical (unpaired) electrons. The van der Waals surface area contributed by atoms with Gasteiger partial charge in [0.05, 0.1) is 12.1 Å². The van der Waals surface area contributed by atoms with Crippen LogP contribution in [-0.4, -0.2) is 24.0 Å². The van der Waals surface area contributed by atoms with Crippen molar-refractivity contribution in [2.75, 3.05) is 18.4 Å². The number of carbonyl (C=O) groups is 1. The molecule has 0 spiro atoms. The SMILES string of the molecule is CCCNC(=O)CNc1ccnc2ccccc12. The van der Waals surface area contributed by atoms with Gasteiger partial charge in [-0.1, -0.05) is 25.1 Å². The number of carbonyl (C=O) groups excluding carboxylic acids is 1. The third-order valence-corrected chi connectivity index (χ3v) is 2.66. The van der Waals surface area contributed by atoms with E-state index in [1.807, 2.05) is 37.3 Å². The zero-order chi connectivity index (χ0) is 12.8. The van der Waals surface area contributed by atoms with E-state index in [0.717, 1.165) is 29.6 Å². The highest BCUT2D eigenvalue weighted by molar-refractivity contribution is 5.92. The molecule has 1 aromatic carbocycles. The van der Waals surface area contributed by atoms with E-state index in [4.69, 9.17) is 0 Å². The van der Waals surface area contributed by atoms with E-state index < -0.39 is 0 Å². The summed E-state index contributed by atoms with van der Waals surface area (Å²) in [6.07, 6.45) is 2.69. The summed E-state index contributed by atoms with van der Waals surface area (Å²) in [6.45, 7) is 3.04. The Labute approximate surface area is 106 Å². The van der Waals surface area contributed by atoms with Crippen LogP contribution in [0.1, 0.15) is 13.3 Å². The minimum atomic E-state index is 0.0118. The average Bonchev–Trinajstić information content (AvgIpc) is 2.42. The van der Waals surface area contributed by atoms with Gasteiger partial charge in [0.25, 0.3) is 0 Å². The minimum Gasteiger partial charge on any atom is -0.376 e. The number of hydrogen-bond acceptors (Lipinski definition) is 3. The highest BCUT2D eigenvalue weighted by atomic mass is 16.1. The lowest BCUT2D eigenvalue weighted by atomic mass is 10.2. The molecule has 1 heterocycles. The number of rotatable bonds is 5. The first-order valence-electron chi connectivity index (χ1n) is 6.15. The molecule has 0 saturated carbocycles. The molecule has 18 heavy (non-hydrogen) atoms. The first kappa shape index (κ1) is 12.4. The van der Waals surface area contributed by atoms with Gasteiger partial charge in [-0.15, -0.1) is 0 Å². The Hall–Kier alpha value is -2.10. The zero-order valence-electron chi connectivity index (χ0n) is 10.4. The molecule has 0 bridgehead atoms. The van der Waals surface area contributed by atoms with Gasteiger partial charge in [-0.05, 0) is 18.6 Å². The maximum Gasteiger partial charge on any atom is 0.239 e. The number of nitrogens with one attached hydrogen (secondary N) is 2. The lowest BCUT2D eigenvalue weighted by Crippen LogP contribution is -2.30. The van der Waals surface area contributed by atoms with Gasteiger partial charge < -0.3 is 10.6 Å². The number of amides is 1. The van der Waals surface area contributed by atoms with E-state index in [9.17, 15) is 4.79 Å². The number of fused-ring (bicyclic) bond motifs is 1. The smallest absolute Gasteiger partial charge is 0.239 e. The van der Waals surface area contributed by atoms with Crippen molar-refractivity contribution < 1.29 is 4.79 Å². The minimum absolute atomic E-state index is 0.0118. The van der Waals surface area contributed by atoms with Crippen LogP contribution in [0.3, 0.4) is 0 Å². The quantitative estimate of drug-likeness (QED) is 0.846. The van der Waals surface area contributed by atoms with E-state index in [1.165, 1.54) is 0 Å². The Bertz CT molecular complexity index is 534. The second-order valence-corrected chi connectivity index (χ2v) is 4.08. The van der Waals surface area contributed by atoms with Crippen molar-refractivity contribution in [2.24, 2.45) is 0 Å². The van der Waals surface area contributed by atoms with Crippen LogP contribution in [0.5, 0.6) is 0 Å². The van der Waals surface area contributed by atoms with E-state index in [2.05, 4.69) is 15.6 Å². The van der Waals surface area contributed by atoms with Crippen LogP contribution in [-0.2, 0) is 4.79 Å². The zero-order valence-corrected chi connectivity index (χ0v) is 10.4. The maximum atomic E-state index is 11.5. The fourth-order valence-electron chi connectivity index (χ4n) is 1.75. The predicted molar refractivity (Wildman–Crippen MR) is 73.5 cm³/mol. The lowest BCUT2D eigenvalue weighted by Gasteiger charge is -2.09. The Morgan fingerprint density at radius 1 is 1.28 bits per heavy atom. The van der Waals surface area contributed by atoms with Gasteiger partial charge in [0, 0.05) is 23.8 Å². The van der Waals surface area contributed by atoms with E-state index in [1.54, 1.807) is 6.20 Å². The van der Waals surface area contributed by atoms with Gasteiger partial charge in [-0.3, -0.25) is 9.78 Å². The maximum absolute atomic E-state index is 11.5. The summed E-state index contributed by atoms with van der Waals surface area (Å²) in [6, 6.07) is 9.75.